The van der Waals surface area contributed by atoms with E-state index < -0.39 is 12.6 Å². The van der Waals surface area contributed by atoms with Crippen LogP contribution in [0.2, 0.25) is 0 Å². The van der Waals surface area contributed by atoms with Crippen LogP contribution < -0.4 is 11.1 Å². The van der Waals surface area contributed by atoms with Crippen molar-refractivity contribution in [1.82, 2.24) is 0 Å². The fourth-order valence-electron chi connectivity index (χ4n) is 1.19. The van der Waals surface area contributed by atoms with Crippen LogP contribution in [0.1, 0.15) is 12.8 Å². The lowest BCUT2D eigenvalue weighted by atomic mass is 10.3. The number of nitrogens with two attached hydrogens (primary N) is 1. The van der Waals surface area contributed by atoms with Crippen molar-refractivity contribution in [3.05, 3.63) is 30.3 Å². The van der Waals surface area contributed by atoms with Gasteiger partial charge in [-0.05, 0) is 18.6 Å². The van der Waals surface area contributed by atoms with E-state index in [2.05, 4.69) is 10.3 Å². The van der Waals surface area contributed by atoms with Gasteiger partial charge in [0.05, 0.1) is 0 Å². The molecule has 1 aromatic carbocycles. The minimum absolute atomic E-state index is 0.0549. The molecule has 0 spiro atoms. The molecule has 0 atom stereocenters. The minimum atomic E-state index is -4.13. The summed E-state index contributed by atoms with van der Waals surface area (Å²) in [6.45, 7) is 0.0607. The molecule has 0 aliphatic heterocycles. The number of alkyl halides is 3. The number of para-hydroxylation sites is 1. The van der Waals surface area contributed by atoms with Crippen LogP contribution in [0.3, 0.4) is 0 Å². The van der Waals surface area contributed by atoms with E-state index in [0.29, 0.717) is 0 Å². The minimum Gasteiger partial charge on any atom is -0.370 e. The molecule has 6 heteroatoms. The molecule has 0 bridgehead atoms. The van der Waals surface area contributed by atoms with Gasteiger partial charge in [-0.2, -0.15) is 13.2 Å². The van der Waals surface area contributed by atoms with E-state index in [0.717, 1.165) is 5.69 Å². The Hall–Kier alpha value is -1.72. The number of nitrogens with zero attached hydrogens (tertiary/aromatic N) is 1. The monoisotopic (exact) mass is 245 g/mol. The van der Waals surface area contributed by atoms with Gasteiger partial charge in [-0.15, -0.1) is 0 Å². The Morgan fingerprint density at radius 2 is 1.88 bits per heavy atom. The third-order valence-electron chi connectivity index (χ3n) is 1.95. The lowest BCUT2D eigenvalue weighted by Crippen LogP contribution is -2.23. The predicted octanol–water partition coefficient (Wildman–Crippen LogP) is 2.76. The molecule has 0 aliphatic rings. The highest BCUT2D eigenvalue weighted by atomic mass is 19.4. The van der Waals surface area contributed by atoms with Crippen molar-refractivity contribution >= 4 is 11.6 Å². The highest BCUT2D eigenvalue weighted by molar-refractivity contribution is 5.92. The van der Waals surface area contributed by atoms with E-state index in [4.69, 9.17) is 5.73 Å². The van der Waals surface area contributed by atoms with E-state index in [1.165, 1.54) is 0 Å². The number of benzene rings is 1. The summed E-state index contributed by atoms with van der Waals surface area (Å²) in [6.07, 6.45) is -5.02. The average molecular weight is 245 g/mol. The molecule has 3 nitrogen and oxygen atoms in total. The highest BCUT2D eigenvalue weighted by Gasteiger charge is 2.25. The summed E-state index contributed by atoms with van der Waals surface area (Å²) in [5.74, 6) is 0.123. The second kappa shape index (κ2) is 6.12. The van der Waals surface area contributed by atoms with Crippen LogP contribution in [0.15, 0.2) is 35.3 Å². The summed E-state index contributed by atoms with van der Waals surface area (Å²) in [6, 6.07) is 9.07. The van der Waals surface area contributed by atoms with Crippen LogP contribution in [0.5, 0.6) is 0 Å². The molecule has 0 heterocycles. The fraction of sp³-hybridized carbons (Fsp3) is 0.364. The largest absolute Gasteiger partial charge is 0.389 e. The summed E-state index contributed by atoms with van der Waals surface area (Å²) in [4.78, 5) is 3.81. The molecular weight excluding hydrogens is 231 g/mol. The van der Waals surface area contributed by atoms with E-state index in [1.54, 1.807) is 12.1 Å². The first-order valence-corrected chi connectivity index (χ1v) is 5.16. The first-order valence-electron chi connectivity index (χ1n) is 5.16. The van der Waals surface area contributed by atoms with Crippen molar-refractivity contribution in [1.29, 1.82) is 0 Å². The van der Waals surface area contributed by atoms with Gasteiger partial charge in [0.2, 0.25) is 0 Å². The van der Waals surface area contributed by atoms with Gasteiger partial charge in [0.1, 0.15) is 0 Å². The Morgan fingerprint density at radius 3 is 2.47 bits per heavy atom. The third-order valence-corrected chi connectivity index (χ3v) is 1.95. The SMILES string of the molecule is NC(=NCCCC(F)(F)F)Nc1ccccc1. The molecule has 1 aromatic rings. The third kappa shape index (κ3) is 6.44. The van der Waals surface area contributed by atoms with E-state index in [9.17, 15) is 13.2 Å². The van der Waals surface area contributed by atoms with Crippen LogP contribution in [0.25, 0.3) is 0 Å². The van der Waals surface area contributed by atoms with Gasteiger partial charge in [0.25, 0.3) is 0 Å². The Labute approximate surface area is 97.5 Å². The van der Waals surface area contributed by atoms with Crippen molar-refractivity contribution in [3.63, 3.8) is 0 Å². The van der Waals surface area contributed by atoms with Gasteiger partial charge in [-0.1, -0.05) is 18.2 Å². The number of rotatable bonds is 4. The van der Waals surface area contributed by atoms with Gasteiger partial charge in [0, 0.05) is 18.7 Å². The van der Waals surface area contributed by atoms with Crippen molar-refractivity contribution in [2.24, 2.45) is 10.7 Å². The second-order valence-corrected chi connectivity index (χ2v) is 3.48. The van der Waals surface area contributed by atoms with Crippen LogP contribution in [-0.2, 0) is 0 Å². The molecule has 94 valence electrons. The molecular formula is C11H14F3N3. The number of aliphatic imine (C=N–C) groups is 1. The molecule has 0 unspecified atom stereocenters. The number of hydrogen-bond acceptors (Lipinski definition) is 1. The van der Waals surface area contributed by atoms with Crippen LogP contribution in [0.4, 0.5) is 18.9 Å². The van der Waals surface area contributed by atoms with Crippen molar-refractivity contribution in [3.8, 4) is 0 Å². The van der Waals surface area contributed by atoms with Gasteiger partial charge < -0.3 is 11.1 Å². The Kier molecular flexibility index (Phi) is 4.81. The smallest absolute Gasteiger partial charge is 0.370 e. The normalized spacial score (nSPS) is 12.5. The molecule has 3 N–H and O–H groups in total. The van der Waals surface area contributed by atoms with E-state index in [-0.39, 0.29) is 18.9 Å². The van der Waals surface area contributed by atoms with Crippen molar-refractivity contribution < 1.29 is 13.2 Å². The number of nitrogens with one attached hydrogen (secondary N) is 1. The molecule has 0 saturated heterocycles. The van der Waals surface area contributed by atoms with Crippen LogP contribution in [0, 0.1) is 0 Å². The zero-order chi connectivity index (χ0) is 12.7. The standard InChI is InChI=1S/C11H14F3N3/c12-11(13,14)7-4-8-16-10(15)17-9-5-2-1-3-6-9/h1-3,5-6H,4,7-8H2,(H3,15,16,17). The first kappa shape index (κ1) is 13.3. The van der Waals surface area contributed by atoms with Gasteiger partial charge in [0.15, 0.2) is 5.96 Å². The molecule has 0 aromatic heterocycles. The molecule has 0 fully saturated rings. The maximum absolute atomic E-state index is 11.8. The molecule has 1 rings (SSSR count). The van der Waals surface area contributed by atoms with Crippen LogP contribution >= 0.6 is 0 Å². The van der Waals surface area contributed by atoms with Crippen LogP contribution in [-0.4, -0.2) is 18.7 Å². The first-order chi connectivity index (χ1) is 7.97. The number of guanidine groups is 1. The summed E-state index contributed by atoms with van der Waals surface area (Å²) < 4.78 is 35.5. The highest BCUT2D eigenvalue weighted by Crippen LogP contribution is 2.20. The van der Waals surface area contributed by atoms with Crippen molar-refractivity contribution in [2.45, 2.75) is 19.0 Å². The Morgan fingerprint density at radius 1 is 1.24 bits per heavy atom. The lowest BCUT2D eigenvalue weighted by molar-refractivity contribution is -0.134. The second-order valence-electron chi connectivity index (χ2n) is 3.48. The fourth-order valence-corrected chi connectivity index (χ4v) is 1.19. The average Bonchev–Trinajstić information content (AvgIpc) is 2.25. The zero-order valence-electron chi connectivity index (χ0n) is 9.17. The summed E-state index contributed by atoms with van der Waals surface area (Å²) in [5, 5.41) is 2.79. The topological polar surface area (TPSA) is 50.4 Å². The summed E-state index contributed by atoms with van der Waals surface area (Å²) >= 11 is 0. The Balaban J connectivity index is 2.31. The lowest BCUT2D eigenvalue weighted by Gasteiger charge is -2.06. The van der Waals surface area contributed by atoms with E-state index >= 15 is 0 Å². The quantitative estimate of drug-likeness (QED) is 0.487. The maximum Gasteiger partial charge on any atom is 0.389 e. The number of halogens is 3. The number of anilines is 1. The van der Waals surface area contributed by atoms with Gasteiger partial charge >= 0.3 is 6.18 Å². The van der Waals surface area contributed by atoms with Crippen molar-refractivity contribution in [2.75, 3.05) is 11.9 Å². The molecule has 17 heavy (non-hydrogen) atoms. The van der Waals surface area contributed by atoms with Gasteiger partial charge in [-0.3, -0.25) is 4.99 Å². The Bertz CT molecular complexity index is 360. The summed E-state index contributed by atoms with van der Waals surface area (Å²) in [7, 11) is 0. The van der Waals surface area contributed by atoms with E-state index in [1.807, 2.05) is 18.2 Å². The van der Waals surface area contributed by atoms with Gasteiger partial charge in [-0.25, -0.2) is 0 Å². The number of hydrogen-bond donors (Lipinski definition) is 2. The molecule has 0 aliphatic carbocycles. The molecule has 0 saturated carbocycles. The molecule has 0 amide bonds. The predicted molar refractivity (Wildman–Crippen MR) is 61.8 cm³/mol. The zero-order valence-corrected chi connectivity index (χ0v) is 9.17. The summed E-state index contributed by atoms with van der Waals surface area (Å²) in [5.41, 5.74) is 6.27. The maximum atomic E-state index is 11.8. The molecule has 0 radical (unpaired) electrons.